The Kier molecular flexibility index (Phi) is 3.66. The molecule has 23 heavy (non-hydrogen) atoms. The van der Waals surface area contributed by atoms with Gasteiger partial charge in [-0.1, -0.05) is 11.6 Å². The summed E-state index contributed by atoms with van der Waals surface area (Å²) < 4.78 is 5.33. The molecular weight excluding hydrogens is 318 g/mol. The van der Waals surface area contributed by atoms with Crippen molar-refractivity contribution in [1.82, 2.24) is 4.90 Å². The van der Waals surface area contributed by atoms with Crippen molar-refractivity contribution in [3.8, 4) is 5.75 Å². The van der Waals surface area contributed by atoms with Crippen LogP contribution in [0.5, 0.6) is 5.75 Å². The van der Waals surface area contributed by atoms with Crippen LogP contribution in [0.3, 0.4) is 0 Å². The molecular formula is C17H12ClNO4. The highest BCUT2D eigenvalue weighted by molar-refractivity contribution is 6.30. The van der Waals surface area contributed by atoms with Crippen molar-refractivity contribution >= 4 is 29.4 Å². The Labute approximate surface area is 137 Å². The molecule has 0 radical (unpaired) electrons. The highest BCUT2D eigenvalue weighted by Gasteiger charge is 2.33. The van der Waals surface area contributed by atoms with E-state index in [2.05, 4.69) is 0 Å². The van der Waals surface area contributed by atoms with Crippen LogP contribution in [0, 0.1) is 6.92 Å². The predicted molar refractivity (Wildman–Crippen MR) is 84.0 cm³/mol. The minimum Gasteiger partial charge on any atom is -0.423 e. The molecule has 0 N–H and O–H groups in total. The maximum atomic E-state index is 12.3. The summed E-state index contributed by atoms with van der Waals surface area (Å²) in [6.45, 7) is 1.77. The molecule has 0 bridgehead atoms. The van der Waals surface area contributed by atoms with Crippen LogP contribution in [0.25, 0.3) is 0 Å². The molecule has 2 aromatic carbocycles. The Morgan fingerprint density at radius 1 is 1.04 bits per heavy atom. The Hall–Kier alpha value is -2.66. The highest BCUT2D eigenvalue weighted by atomic mass is 35.5. The number of ether oxygens (including phenoxy) is 1. The third kappa shape index (κ3) is 2.59. The van der Waals surface area contributed by atoms with Crippen molar-refractivity contribution in [2.75, 3.05) is 7.05 Å². The lowest BCUT2D eigenvalue weighted by Crippen LogP contribution is -2.24. The molecule has 6 heteroatoms. The smallest absolute Gasteiger partial charge is 0.343 e. The number of hydrogen-bond acceptors (Lipinski definition) is 4. The average Bonchev–Trinajstić information content (AvgIpc) is 2.74. The topological polar surface area (TPSA) is 63.7 Å². The summed E-state index contributed by atoms with van der Waals surface area (Å²) in [5.74, 6) is -1.02. The van der Waals surface area contributed by atoms with Crippen molar-refractivity contribution < 1.29 is 19.1 Å². The standard InChI is InChI=1S/C17H12ClNO4/c1-9-7-11(18)4-6-14(9)23-17(22)10-3-5-12-13(8-10)16(21)19(2)15(12)20/h3-8H,1-2H3. The molecule has 1 aliphatic heterocycles. The Morgan fingerprint density at radius 2 is 1.74 bits per heavy atom. The number of esters is 1. The summed E-state index contributed by atoms with van der Waals surface area (Å²) in [7, 11) is 1.40. The van der Waals surface area contributed by atoms with Gasteiger partial charge in [-0.15, -0.1) is 0 Å². The fourth-order valence-electron chi connectivity index (χ4n) is 2.37. The van der Waals surface area contributed by atoms with E-state index in [0.29, 0.717) is 10.8 Å². The van der Waals surface area contributed by atoms with Crippen LogP contribution in [0.2, 0.25) is 5.02 Å². The molecule has 0 fully saturated rings. The highest BCUT2D eigenvalue weighted by Crippen LogP contribution is 2.25. The van der Waals surface area contributed by atoms with Gasteiger partial charge in [0, 0.05) is 12.1 Å². The molecule has 0 saturated heterocycles. The quantitative estimate of drug-likeness (QED) is 0.482. The molecule has 0 aliphatic carbocycles. The number of imide groups is 1. The van der Waals surface area contributed by atoms with Gasteiger partial charge in [-0.3, -0.25) is 14.5 Å². The molecule has 5 nitrogen and oxygen atoms in total. The number of carbonyl (C=O) groups excluding carboxylic acids is 3. The number of halogens is 1. The lowest BCUT2D eigenvalue weighted by atomic mass is 10.1. The lowest BCUT2D eigenvalue weighted by Gasteiger charge is -2.08. The van der Waals surface area contributed by atoms with Gasteiger partial charge in [0.05, 0.1) is 16.7 Å². The molecule has 3 rings (SSSR count). The first-order chi connectivity index (χ1) is 10.9. The number of amides is 2. The Balaban J connectivity index is 1.90. The molecule has 0 spiro atoms. The number of hydrogen-bond donors (Lipinski definition) is 0. The van der Waals surface area contributed by atoms with E-state index in [4.69, 9.17) is 16.3 Å². The zero-order valence-corrected chi connectivity index (χ0v) is 13.2. The van der Waals surface area contributed by atoms with Crippen LogP contribution in [-0.4, -0.2) is 29.7 Å². The summed E-state index contributed by atoms with van der Waals surface area (Å²) in [6.07, 6.45) is 0. The van der Waals surface area contributed by atoms with Gasteiger partial charge in [0.25, 0.3) is 11.8 Å². The van der Waals surface area contributed by atoms with Gasteiger partial charge in [-0.2, -0.15) is 0 Å². The summed E-state index contributed by atoms with van der Waals surface area (Å²) >= 11 is 5.86. The van der Waals surface area contributed by atoms with Crippen LogP contribution in [0.4, 0.5) is 0 Å². The number of benzene rings is 2. The predicted octanol–water partition coefficient (Wildman–Crippen LogP) is 3.09. The van der Waals surface area contributed by atoms with E-state index in [1.807, 2.05) is 0 Å². The van der Waals surface area contributed by atoms with Crippen LogP contribution in [0.1, 0.15) is 36.6 Å². The third-order valence-electron chi connectivity index (χ3n) is 3.66. The monoisotopic (exact) mass is 329 g/mol. The minimum absolute atomic E-state index is 0.203. The van der Waals surface area contributed by atoms with Crippen molar-refractivity contribution in [3.05, 3.63) is 63.7 Å². The molecule has 1 heterocycles. The summed E-state index contributed by atoms with van der Waals surface area (Å²) in [5.41, 5.74) is 1.42. The number of fused-ring (bicyclic) bond motifs is 1. The van der Waals surface area contributed by atoms with E-state index in [1.54, 1.807) is 25.1 Å². The summed E-state index contributed by atoms with van der Waals surface area (Å²) in [5, 5.41) is 0.548. The van der Waals surface area contributed by atoms with E-state index < -0.39 is 11.9 Å². The van der Waals surface area contributed by atoms with Crippen molar-refractivity contribution in [2.24, 2.45) is 0 Å². The normalized spacial score (nSPS) is 13.3. The molecule has 1 aliphatic rings. The van der Waals surface area contributed by atoms with Gasteiger partial charge in [0.15, 0.2) is 0 Å². The van der Waals surface area contributed by atoms with Gasteiger partial charge < -0.3 is 4.74 Å². The fourth-order valence-corrected chi connectivity index (χ4v) is 2.60. The van der Waals surface area contributed by atoms with E-state index in [9.17, 15) is 14.4 Å². The zero-order valence-electron chi connectivity index (χ0n) is 12.4. The molecule has 116 valence electrons. The largest absolute Gasteiger partial charge is 0.423 e. The minimum atomic E-state index is -0.604. The summed E-state index contributed by atoms with van der Waals surface area (Å²) in [4.78, 5) is 37.1. The van der Waals surface area contributed by atoms with Crippen molar-refractivity contribution in [3.63, 3.8) is 0 Å². The van der Waals surface area contributed by atoms with E-state index >= 15 is 0 Å². The van der Waals surface area contributed by atoms with Crippen LogP contribution >= 0.6 is 11.6 Å². The second-order valence-corrected chi connectivity index (χ2v) is 5.67. The van der Waals surface area contributed by atoms with E-state index in [1.165, 1.54) is 25.2 Å². The first kappa shape index (κ1) is 15.2. The maximum absolute atomic E-state index is 12.3. The molecule has 0 atom stereocenters. The van der Waals surface area contributed by atoms with Gasteiger partial charge in [0.1, 0.15) is 5.75 Å². The van der Waals surface area contributed by atoms with Gasteiger partial charge in [-0.05, 0) is 48.9 Å². The third-order valence-corrected chi connectivity index (χ3v) is 3.90. The Morgan fingerprint density at radius 3 is 2.43 bits per heavy atom. The van der Waals surface area contributed by atoms with Crippen LogP contribution in [0.15, 0.2) is 36.4 Å². The second-order valence-electron chi connectivity index (χ2n) is 5.23. The molecule has 0 unspecified atom stereocenters. The Bertz CT molecular complexity index is 860. The van der Waals surface area contributed by atoms with Gasteiger partial charge in [0.2, 0.25) is 0 Å². The number of rotatable bonds is 2. The van der Waals surface area contributed by atoms with E-state index in [0.717, 1.165) is 10.5 Å². The first-order valence-corrected chi connectivity index (χ1v) is 7.21. The van der Waals surface area contributed by atoms with Crippen LogP contribution < -0.4 is 4.74 Å². The number of nitrogens with zero attached hydrogens (tertiary/aromatic N) is 1. The van der Waals surface area contributed by atoms with Crippen molar-refractivity contribution in [1.29, 1.82) is 0 Å². The van der Waals surface area contributed by atoms with Crippen LogP contribution in [-0.2, 0) is 0 Å². The van der Waals surface area contributed by atoms with Crippen molar-refractivity contribution in [2.45, 2.75) is 6.92 Å². The fraction of sp³-hybridized carbons (Fsp3) is 0.118. The van der Waals surface area contributed by atoms with Gasteiger partial charge >= 0.3 is 5.97 Å². The molecule has 0 aromatic heterocycles. The molecule has 0 saturated carbocycles. The summed E-state index contributed by atoms with van der Waals surface area (Å²) in [6, 6.07) is 9.22. The molecule has 2 amide bonds. The molecule has 2 aromatic rings. The average molecular weight is 330 g/mol. The number of carbonyl (C=O) groups is 3. The second kappa shape index (κ2) is 5.52. The first-order valence-electron chi connectivity index (χ1n) is 6.83. The SMILES string of the molecule is Cc1cc(Cl)ccc1OC(=O)c1ccc2c(c1)C(=O)N(C)C2=O. The van der Waals surface area contributed by atoms with E-state index in [-0.39, 0.29) is 22.6 Å². The number of aryl methyl sites for hydroxylation is 1. The maximum Gasteiger partial charge on any atom is 0.343 e. The zero-order chi connectivity index (χ0) is 16.7. The van der Waals surface area contributed by atoms with Gasteiger partial charge in [-0.25, -0.2) is 4.79 Å². The lowest BCUT2D eigenvalue weighted by molar-refractivity contribution is 0.0691.